The van der Waals surface area contributed by atoms with Gasteiger partial charge in [0.05, 0.1) is 36.3 Å². The number of benzene rings is 1. The smallest absolute Gasteiger partial charge is 0.256 e. The van der Waals surface area contributed by atoms with E-state index in [1.165, 1.54) is 4.80 Å². The molecule has 1 aromatic carbocycles. The van der Waals surface area contributed by atoms with Crippen LogP contribution in [-0.4, -0.2) is 55.6 Å². The fourth-order valence-electron chi connectivity index (χ4n) is 3.85. The summed E-state index contributed by atoms with van der Waals surface area (Å²) in [6.07, 6.45) is 9.03. The van der Waals surface area contributed by atoms with E-state index >= 15 is 0 Å². The van der Waals surface area contributed by atoms with E-state index in [0.29, 0.717) is 29.8 Å². The first kappa shape index (κ1) is 19.5. The second-order valence-electron chi connectivity index (χ2n) is 8.11. The Morgan fingerprint density at radius 1 is 0.968 bits per heavy atom. The Hall–Kier alpha value is -3.42. The average Bonchev–Trinajstić information content (AvgIpc) is 3.43. The van der Waals surface area contributed by atoms with E-state index in [9.17, 15) is 4.79 Å². The number of aromatic nitrogens is 4. The van der Waals surface area contributed by atoms with Crippen molar-refractivity contribution < 1.29 is 14.3 Å². The molecule has 1 aliphatic heterocycles. The number of nitrogens with zero attached hydrogens (tertiary/aromatic N) is 5. The van der Waals surface area contributed by atoms with Gasteiger partial charge in [-0.15, -0.1) is 0 Å². The van der Waals surface area contributed by atoms with Crippen LogP contribution in [0, 0.1) is 0 Å². The molecule has 8 nitrogen and oxygen atoms in total. The maximum Gasteiger partial charge on any atom is 0.256 e. The fourth-order valence-corrected chi connectivity index (χ4v) is 3.85. The lowest BCUT2D eigenvalue weighted by Gasteiger charge is -2.38. The van der Waals surface area contributed by atoms with Crippen LogP contribution in [0.4, 0.5) is 0 Å². The van der Waals surface area contributed by atoms with Gasteiger partial charge in [0.15, 0.2) is 0 Å². The van der Waals surface area contributed by atoms with E-state index < -0.39 is 0 Å². The van der Waals surface area contributed by atoms with Crippen molar-refractivity contribution in [2.75, 3.05) is 6.54 Å². The number of carbonyl (C=O) groups excluding carboxylic acids is 1. The van der Waals surface area contributed by atoms with Crippen LogP contribution in [0.2, 0.25) is 0 Å². The van der Waals surface area contributed by atoms with E-state index in [1.54, 1.807) is 18.6 Å². The monoisotopic (exact) mass is 419 g/mol. The molecule has 1 aliphatic carbocycles. The summed E-state index contributed by atoms with van der Waals surface area (Å²) in [6.45, 7) is 2.57. The Balaban J connectivity index is 1.32. The molecule has 160 valence electrons. The normalized spacial score (nSPS) is 21.0. The zero-order valence-electron chi connectivity index (χ0n) is 17.4. The van der Waals surface area contributed by atoms with E-state index in [0.717, 1.165) is 31.4 Å². The molecular weight excluding hydrogens is 394 g/mol. The second kappa shape index (κ2) is 8.37. The molecule has 8 heteroatoms. The molecule has 2 aromatic heterocycles. The van der Waals surface area contributed by atoms with Gasteiger partial charge in [-0.3, -0.25) is 4.79 Å². The van der Waals surface area contributed by atoms with Crippen LogP contribution in [0.3, 0.4) is 0 Å². The first-order valence-electron chi connectivity index (χ1n) is 10.7. The number of para-hydroxylation sites is 1. The molecule has 0 radical (unpaired) electrons. The third-order valence-corrected chi connectivity index (χ3v) is 5.69. The number of likely N-dealkylation sites (tertiary alicyclic amines) is 1. The number of hydrogen-bond acceptors (Lipinski definition) is 6. The van der Waals surface area contributed by atoms with Gasteiger partial charge < -0.3 is 14.4 Å². The van der Waals surface area contributed by atoms with Crippen molar-refractivity contribution in [3.8, 4) is 17.3 Å². The quantitative estimate of drug-likeness (QED) is 0.610. The molecule has 0 N–H and O–H groups in total. The maximum absolute atomic E-state index is 13.5. The van der Waals surface area contributed by atoms with Crippen LogP contribution in [0.15, 0.2) is 55.0 Å². The number of hydrogen-bond donors (Lipinski definition) is 0. The van der Waals surface area contributed by atoms with Crippen molar-refractivity contribution >= 4 is 5.91 Å². The van der Waals surface area contributed by atoms with E-state index in [2.05, 4.69) is 22.1 Å². The van der Waals surface area contributed by atoms with Crippen LogP contribution in [0.5, 0.6) is 11.6 Å². The number of amides is 1. The molecule has 5 rings (SSSR count). The lowest BCUT2D eigenvalue weighted by molar-refractivity contribution is 0.0371. The van der Waals surface area contributed by atoms with E-state index in [1.807, 2.05) is 41.3 Å². The first-order chi connectivity index (χ1) is 15.2. The fraction of sp³-hybridized carbons (Fsp3) is 0.391. The summed E-state index contributed by atoms with van der Waals surface area (Å²) in [4.78, 5) is 21.2. The molecule has 31 heavy (non-hydrogen) atoms. The molecule has 1 saturated heterocycles. The number of carbonyl (C=O) groups is 1. The molecule has 2 fully saturated rings. The Morgan fingerprint density at radius 2 is 1.74 bits per heavy atom. The van der Waals surface area contributed by atoms with Gasteiger partial charge in [-0.05, 0) is 50.8 Å². The van der Waals surface area contributed by atoms with Gasteiger partial charge in [0.2, 0.25) is 5.88 Å². The van der Waals surface area contributed by atoms with Gasteiger partial charge in [-0.1, -0.05) is 12.1 Å². The third kappa shape index (κ3) is 4.38. The predicted octanol–water partition coefficient (Wildman–Crippen LogP) is 3.28. The molecule has 1 amide bonds. The molecule has 0 bridgehead atoms. The molecule has 2 atom stereocenters. The minimum absolute atomic E-state index is 0.0486. The molecule has 0 unspecified atom stereocenters. The lowest BCUT2D eigenvalue weighted by atomic mass is 9.99. The summed E-state index contributed by atoms with van der Waals surface area (Å²) in [5.41, 5.74) is 1.24. The van der Waals surface area contributed by atoms with Crippen molar-refractivity contribution in [2.24, 2.45) is 0 Å². The van der Waals surface area contributed by atoms with Gasteiger partial charge in [0, 0.05) is 18.3 Å². The van der Waals surface area contributed by atoms with Crippen LogP contribution >= 0.6 is 0 Å². The van der Waals surface area contributed by atoms with Crippen molar-refractivity contribution in [3.63, 3.8) is 0 Å². The Morgan fingerprint density at radius 3 is 2.55 bits per heavy atom. The van der Waals surface area contributed by atoms with Gasteiger partial charge in [0.25, 0.3) is 5.91 Å². The molecule has 3 aromatic rings. The third-order valence-electron chi connectivity index (χ3n) is 5.69. The topological polar surface area (TPSA) is 82.4 Å². The van der Waals surface area contributed by atoms with Crippen LogP contribution in [0.1, 0.15) is 43.0 Å². The first-order valence-corrected chi connectivity index (χ1v) is 10.7. The van der Waals surface area contributed by atoms with Crippen LogP contribution in [0.25, 0.3) is 5.69 Å². The predicted molar refractivity (Wildman–Crippen MR) is 113 cm³/mol. The number of piperidine rings is 1. The maximum atomic E-state index is 13.5. The lowest BCUT2D eigenvalue weighted by Crippen LogP contribution is -2.49. The summed E-state index contributed by atoms with van der Waals surface area (Å²) in [5, 5.41) is 8.38. The van der Waals surface area contributed by atoms with Crippen molar-refractivity contribution in [3.05, 3.63) is 60.6 Å². The average molecular weight is 419 g/mol. The number of pyridine rings is 1. The summed E-state index contributed by atoms with van der Waals surface area (Å²) >= 11 is 0. The molecule has 1 saturated carbocycles. The Bertz CT molecular complexity index is 1050. The highest BCUT2D eigenvalue weighted by molar-refractivity contribution is 5.98. The minimum Gasteiger partial charge on any atom is -0.490 e. The van der Waals surface area contributed by atoms with Crippen LogP contribution in [-0.2, 0) is 0 Å². The van der Waals surface area contributed by atoms with Crippen molar-refractivity contribution in [2.45, 2.75) is 50.9 Å². The minimum atomic E-state index is -0.126. The Labute approximate surface area is 180 Å². The van der Waals surface area contributed by atoms with Gasteiger partial charge in [-0.2, -0.15) is 15.0 Å². The zero-order valence-corrected chi connectivity index (χ0v) is 17.4. The number of ether oxygens (including phenoxy) is 2. The second-order valence-corrected chi connectivity index (χ2v) is 8.11. The SMILES string of the molecule is C[C@@H]1CC[C@@H](Oc2cc(OC3CC3)ccn2)CN1C(=O)c1ccccc1-n1nccn1. The summed E-state index contributed by atoms with van der Waals surface area (Å²) in [5.74, 6) is 1.27. The highest BCUT2D eigenvalue weighted by atomic mass is 16.5. The van der Waals surface area contributed by atoms with Gasteiger partial charge >= 0.3 is 0 Å². The largest absolute Gasteiger partial charge is 0.490 e. The van der Waals surface area contributed by atoms with Crippen LogP contribution < -0.4 is 9.47 Å². The summed E-state index contributed by atoms with van der Waals surface area (Å²) < 4.78 is 12.0. The number of rotatable bonds is 6. The van der Waals surface area contributed by atoms with E-state index in [-0.39, 0.29) is 18.1 Å². The summed E-state index contributed by atoms with van der Waals surface area (Å²) in [6, 6.07) is 11.2. The molecule has 2 aliphatic rings. The molecule has 0 spiro atoms. The highest BCUT2D eigenvalue weighted by Crippen LogP contribution is 2.29. The Kier molecular flexibility index (Phi) is 5.28. The van der Waals surface area contributed by atoms with Crippen molar-refractivity contribution in [1.29, 1.82) is 0 Å². The van der Waals surface area contributed by atoms with Gasteiger partial charge in [-0.25, -0.2) is 4.98 Å². The highest BCUT2D eigenvalue weighted by Gasteiger charge is 2.32. The molecular formula is C23H25N5O3. The van der Waals surface area contributed by atoms with E-state index in [4.69, 9.17) is 9.47 Å². The summed E-state index contributed by atoms with van der Waals surface area (Å²) in [7, 11) is 0. The zero-order chi connectivity index (χ0) is 21.2. The van der Waals surface area contributed by atoms with Gasteiger partial charge in [0.1, 0.15) is 11.9 Å². The van der Waals surface area contributed by atoms with Crippen molar-refractivity contribution in [1.82, 2.24) is 24.9 Å². The standard InChI is InChI=1S/C23H25N5O3/c1-16-6-7-19(31-22-14-18(10-11-24-22)30-17-8-9-17)15-27(16)23(29)20-4-2-3-5-21(20)28-25-12-13-26-28/h2-5,10-14,16-17,19H,6-9,15H2,1H3/t16-,19-/m1/s1. The molecule has 3 heterocycles.